The minimum atomic E-state index is 0.204. The molecule has 0 spiro atoms. The Bertz CT molecular complexity index is 93.9. The maximum Gasteiger partial charge on any atom is 0.0487 e. The predicted octanol–water partition coefficient (Wildman–Crippen LogP) is 0.799. The molecule has 2 nitrogen and oxygen atoms in total. The average molecular weight is 142 g/mol. The van der Waals surface area contributed by atoms with Gasteiger partial charge in [0.1, 0.15) is 0 Å². The molecule has 0 aromatic rings. The second-order valence-electron chi connectivity index (χ2n) is 2.00. The third kappa shape index (κ3) is 7.48. The van der Waals surface area contributed by atoms with Crippen LogP contribution < -0.4 is 0 Å². The van der Waals surface area contributed by atoms with Crippen LogP contribution in [-0.4, -0.2) is 24.9 Å². The molecule has 0 aliphatic carbocycles. The molecule has 0 bridgehead atoms. The Morgan fingerprint density at radius 1 is 1.30 bits per heavy atom. The molecule has 0 aliphatic rings. The van der Waals surface area contributed by atoms with Gasteiger partial charge in [0.15, 0.2) is 0 Å². The van der Waals surface area contributed by atoms with Gasteiger partial charge in [-0.25, -0.2) is 0 Å². The van der Waals surface area contributed by atoms with Gasteiger partial charge in [0.2, 0.25) is 0 Å². The Morgan fingerprint density at radius 2 is 2.00 bits per heavy atom. The molecule has 0 amide bonds. The normalized spacial score (nSPS) is 9.20. The van der Waals surface area contributed by atoms with Crippen molar-refractivity contribution in [1.29, 1.82) is 0 Å². The van der Waals surface area contributed by atoms with Crippen molar-refractivity contribution in [3.63, 3.8) is 0 Å². The van der Waals surface area contributed by atoms with Crippen LogP contribution in [0.2, 0.25) is 0 Å². The summed E-state index contributed by atoms with van der Waals surface area (Å²) in [6, 6.07) is 0. The number of unbranched alkanes of at least 4 members (excludes halogenated alkanes) is 1. The van der Waals surface area contributed by atoms with Gasteiger partial charge in [0.05, 0.1) is 0 Å². The first-order chi connectivity index (χ1) is 4.91. The molecule has 0 atom stereocenters. The summed E-state index contributed by atoms with van der Waals surface area (Å²) in [5.74, 6) is 2.53. The van der Waals surface area contributed by atoms with Crippen molar-refractivity contribution >= 4 is 0 Å². The van der Waals surface area contributed by atoms with Crippen LogP contribution in [0.25, 0.3) is 0 Å². The van der Waals surface area contributed by atoms with E-state index in [2.05, 4.69) is 5.92 Å². The molecule has 0 aromatic heterocycles. The SMILES string of the molecule is C#CCCCOCCCO. The highest BCUT2D eigenvalue weighted by Gasteiger charge is 1.86. The maximum atomic E-state index is 8.36. The van der Waals surface area contributed by atoms with Crippen molar-refractivity contribution in [2.75, 3.05) is 19.8 Å². The van der Waals surface area contributed by atoms with Crippen LogP contribution in [0.5, 0.6) is 0 Å². The van der Waals surface area contributed by atoms with Crippen LogP contribution in [0.3, 0.4) is 0 Å². The van der Waals surface area contributed by atoms with Crippen LogP contribution in [0, 0.1) is 12.3 Å². The lowest BCUT2D eigenvalue weighted by atomic mass is 10.3. The van der Waals surface area contributed by atoms with E-state index in [1.165, 1.54) is 0 Å². The molecule has 1 N–H and O–H groups in total. The fourth-order valence-corrected chi connectivity index (χ4v) is 0.545. The van der Waals surface area contributed by atoms with Crippen LogP contribution in [0.4, 0.5) is 0 Å². The van der Waals surface area contributed by atoms with E-state index in [1.54, 1.807) is 0 Å². The Balaban J connectivity index is 2.72. The number of hydrogen-bond acceptors (Lipinski definition) is 2. The zero-order chi connectivity index (χ0) is 7.66. The summed E-state index contributed by atoms with van der Waals surface area (Å²) in [6.07, 6.45) is 7.44. The molecule has 58 valence electrons. The van der Waals surface area contributed by atoms with Gasteiger partial charge >= 0.3 is 0 Å². The van der Waals surface area contributed by atoms with Crippen LogP contribution in [-0.2, 0) is 4.74 Å². The van der Waals surface area contributed by atoms with E-state index in [9.17, 15) is 0 Å². The summed E-state index contributed by atoms with van der Waals surface area (Å²) in [4.78, 5) is 0. The fourth-order valence-electron chi connectivity index (χ4n) is 0.545. The van der Waals surface area contributed by atoms with Crippen molar-refractivity contribution in [2.45, 2.75) is 19.3 Å². The number of hydrogen-bond donors (Lipinski definition) is 1. The summed E-state index contributed by atoms with van der Waals surface area (Å²) < 4.78 is 5.12. The van der Waals surface area contributed by atoms with Gasteiger partial charge in [-0.15, -0.1) is 12.3 Å². The fraction of sp³-hybridized carbons (Fsp3) is 0.750. The van der Waals surface area contributed by atoms with E-state index in [-0.39, 0.29) is 6.61 Å². The smallest absolute Gasteiger partial charge is 0.0487 e. The molecular weight excluding hydrogens is 128 g/mol. The minimum Gasteiger partial charge on any atom is -0.396 e. The Morgan fingerprint density at radius 3 is 2.60 bits per heavy atom. The molecule has 0 rings (SSSR count). The van der Waals surface area contributed by atoms with Crippen molar-refractivity contribution < 1.29 is 9.84 Å². The summed E-state index contributed by atoms with van der Waals surface area (Å²) >= 11 is 0. The van der Waals surface area contributed by atoms with Gasteiger partial charge in [-0.2, -0.15) is 0 Å². The largest absolute Gasteiger partial charge is 0.396 e. The van der Waals surface area contributed by atoms with Gasteiger partial charge < -0.3 is 9.84 Å². The number of aliphatic hydroxyl groups excluding tert-OH is 1. The minimum absolute atomic E-state index is 0.204. The van der Waals surface area contributed by atoms with Crippen molar-refractivity contribution in [1.82, 2.24) is 0 Å². The quantitative estimate of drug-likeness (QED) is 0.439. The van der Waals surface area contributed by atoms with Crippen LogP contribution in [0.1, 0.15) is 19.3 Å². The van der Waals surface area contributed by atoms with Crippen molar-refractivity contribution in [2.24, 2.45) is 0 Å². The zero-order valence-electron chi connectivity index (χ0n) is 6.18. The van der Waals surface area contributed by atoms with E-state index in [0.717, 1.165) is 19.3 Å². The number of rotatable bonds is 6. The molecule has 0 unspecified atom stereocenters. The van der Waals surface area contributed by atoms with E-state index >= 15 is 0 Å². The van der Waals surface area contributed by atoms with Gasteiger partial charge in [-0.1, -0.05) is 0 Å². The van der Waals surface area contributed by atoms with Crippen LogP contribution >= 0.6 is 0 Å². The van der Waals surface area contributed by atoms with Crippen LogP contribution in [0.15, 0.2) is 0 Å². The molecule has 0 saturated carbocycles. The molecule has 0 aromatic carbocycles. The van der Waals surface area contributed by atoms with Crippen molar-refractivity contribution in [3.8, 4) is 12.3 Å². The maximum absolute atomic E-state index is 8.36. The lowest BCUT2D eigenvalue weighted by molar-refractivity contribution is 0.115. The molecule has 10 heavy (non-hydrogen) atoms. The highest BCUT2D eigenvalue weighted by molar-refractivity contribution is 4.82. The third-order valence-corrected chi connectivity index (χ3v) is 1.06. The highest BCUT2D eigenvalue weighted by Crippen LogP contribution is 1.88. The van der Waals surface area contributed by atoms with Gasteiger partial charge in [-0.3, -0.25) is 0 Å². The molecule has 2 heteroatoms. The average Bonchev–Trinajstić information content (AvgIpc) is 1.97. The summed E-state index contributed by atoms with van der Waals surface area (Å²) in [7, 11) is 0. The number of ether oxygens (including phenoxy) is 1. The summed E-state index contributed by atoms with van der Waals surface area (Å²) in [5, 5.41) is 8.36. The Labute approximate surface area is 62.2 Å². The first kappa shape index (κ1) is 9.48. The molecule has 0 saturated heterocycles. The van der Waals surface area contributed by atoms with E-state index in [0.29, 0.717) is 13.2 Å². The van der Waals surface area contributed by atoms with E-state index in [1.807, 2.05) is 0 Å². The Kier molecular flexibility index (Phi) is 8.04. The first-order valence-corrected chi connectivity index (χ1v) is 3.54. The van der Waals surface area contributed by atoms with Gasteiger partial charge in [0.25, 0.3) is 0 Å². The summed E-state index contributed by atoms with van der Waals surface area (Å²) in [6.45, 7) is 1.56. The standard InChI is InChI=1S/C8H14O2/c1-2-3-4-7-10-8-5-6-9/h1,9H,3-8H2. The second kappa shape index (κ2) is 8.48. The van der Waals surface area contributed by atoms with Gasteiger partial charge in [0, 0.05) is 26.2 Å². The highest BCUT2D eigenvalue weighted by atomic mass is 16.5. The molecule has 0 aliphatic heterocycles. The van der Waals surface area contributed by atoms with E-state index in [4.69, 9.17) is 16.3 Å². The topological polar surface area (TPSA) is 29.5 Å². The molecular formula is C8H14O2. The summed E-state index contributed by atoms with van der Waals surface area (Å²) in [5.41, 5.74) is 0. The predicted molar refractivity (Wildman–Crippen MR) is 40.6 cm³/mol. The Hall–Kier alpha value is -0.520. The molecule has 0 heterocycles. The van der Waals surface area contributed by atoms with E-state index < -0.39 is 0 Å². The molecule has 0 radical (unpaired) electrons. The lowest BCUT2D eigenvalue weighted by Crippen LogP contribution is -1.98. The number of aliphatic hydroxyl groups is 1. The van der Waals surface area contributed by atoms with Gasteiger partial charge in [-0.05, 0) is 12.8 Å². The van der Waals surface area contributed by atoms with Crippen molar-refractivity contribution in [3.05, 3.63) is 0 Å². The first-order valence-electron chi connectivity index (χ1n) is 3.54. The second-order valence-corrected chi connectivity index (χ2v) is 2.00. The third-order valence-electron chi connectivity index (χ3n) is 1.06. The number of terminal acetylenes is 1. The zero-order valence-corrected chi connectivity index (χ0v) is 6.18. The lowest BCUT2D eigenvalue weighted by Gasteiger charge is -1.99. The monoisotopic (exact) mass is 142 g/mol. The molecule has 0 fully saturated rings.